The molecule has 0 bridgehead atoms. The van der Waals surface area contributed by atoms with E-state index in [0.717, 1.165) is 17.3 Å². The number of carbonyl (C=O) groups is 1. The predicted octanol–water partition coefficient (Wildman–Crippen LogP) is 7.62. The molecule has 0 aliphatic carbocycles. The second kappa shape index (κ2) is 12.6. The number of thioether (sulfide) groups is 1. The SMILES string of the molecule is COc1ccc(Cl)cc1-c1nnc(S/C(=C\c2cc(Br)c(OCc3ccc(Cl)cc3)c(OC)c2)C(=O)O)o1. The molecule has 3 aromatic carbocycles. The van der Waals surface area contributed by atoms with Crippen LogP contribution in [-0.4, -0.2) is 35.5 Å². The van der Waals surface area contributed by atoms with E-state index in [1.54, 1.807) is 42.5 Å². The van der Waals surface area contributed by atoms with Gasteiger partial charge in [-0.15, -0.1) is 10.2 Å². The molecule has 4 aromatic rings. The maximum Gasteiger partial charge on any atom is 0.342 e. The van der Waals surface area contributed by atoms with Crippen molar-refractivity contribution in [2.45, 2.75) is 11.8 Å². The van der Waals surface area contributed by atoms with Gasteiger partial charge in [-0.2, -0.15) is 0 Å². The van der Waals surface area contributed by atoms with Gasteiger partial charge < -0.3 is 23.7 Å². The lowest BCUT2D eigenvalue weighted by Crippen LogP contribution is -2.00. The zero-order valence-electron chi connectivity index (χ0n) is 19.9. The molecule has 0 radical (unpaired) electrons. The van der Waals surface area contributed by atoms with Crippen molar-refractivity contribution in [3.8, 4) is 28.7 Å². The number of carboxylic acid groups (broad SMARTS) is 1. The first-order valence-corrected chi connectivity index (χ1v) is 13.2. The zero-order chi connectivity index (χ0) is 27.2. The van der Waals surface area contributed by atoms with Crippen LogP contribution < -0.4 is 14.2 Å². The first-order valence-electron chi connectivity index (χ1n) is 10.8. The van der Waals surface area contributed by atoms with Gasteiger partial charge in [-0.1, -0.05) is 35.3 Å². The van der Waals surface area contributed by atoms with E-state index >= 15 is 0 Å². The fraction of sp³-hybridized carbons (Fsp3) is 0.115. The summed E-state index contributed by atoms with van der Waals surface area (Å²) in [6, 6.07) is 15.6. The van der Waals surface area contributed by atoms with E-state index in [4.69, 9.17) is 41.8 Å². The number of hydrogen-bond acceptors (Lipinski definition) is 8. The van der Waals surface area contributed by atoms with Crippen molar-refractivity contribution in [2.75, 3.05) is 14.2 Å². The van der Waals surface area contributed by atoms with Gasteiger partial charge in [0.25, 0.3) is 11.1 Å². The molecule has 0 saturated heterocycles. The Kier molecular flexibility index (Phi) is 9.22. The predicted molar refractivity (Wildman–Crippen MR) is 149 cm³/mol. The van der Waals surface area contributed by atoms with E-state index in [0.29, 0.717) is 42.9 Å². The summed E-state index contributed by atoms with van der Waals surface area (Å²) in [6.07, 6.45) is 1.47. The molecule has 0 aliphatic rings. The number of aromatic nitrogens is 2. The molecule has 8 nitrogen and oxygen atoms in total. The maximum absolute atomic E-state index is 12.0. The lowest BCUT2D eigenvalue weighted by molar-refractivity contribution is -0.131. The number of nitrogens with zero attached hydrogens (tertiary/aromatic N) is 2. The Labute approximate surface area is 240 Å². The number of methoxy groups -OCH3 is 2. The summed E-state index contributed by atoms with van der Waals surface area (Å²) in [5.74, 6) is 0.346. The summed E-state index contributed by atoms with van der Waals surface area (Å²) in [4.78, 5) is 12.0. The maximum atomic E-state index is 12.0. The molecule has 0 fully saturated rings. The molecule has 0 atom stereocenters. The van der Waals surface area contributed by atoms with Crippen molar-refractivity contribution >= 4 is 62.9 Å². The van der Waals surface area contributed by atoms with Crippen molar-refractivity contribution in [1.82, 2.24) is 10.2 Å². The molecule has 0 aliphatic heterocycles. The van der Waals surface area contributed by atoms with Crippen LogP contribution in [0.2, 0.25) is 10.0 Å². The van der Waals surface area contributed by atoms with Gasteiger partial charge in [-0.05, 0) is 87.4 Å². The molecule has 0 unspecified atom stereocenters. The van der Waals surface area contributed by atoms with Crippen molar-refractivity contribution in [3.63, 3.8) is 0 Å². The van der Waals surface area contributed by atoms with Crippen molar-refractivity contribution in [2.24, 2.45) is 0 Å². The number of benzene rings is 3. The number of carboxylic acids is 1. The van der Waals surface area contributed by atoms with Crippen LogP contribution in [0.4, 0.5) is 0 Å². The van der Waals surface area contributed by atoms with Crippen LogP contribution >= 0.6 is 50.9 Å². The van der Waals surface area contributed by atoms with Gasteiger partial charge in [0, 0.05) is 10.0 Å². The van der Waals surface area contributed by atoms with Crippen LogP contribution in [0, 0.1) is 0 Å². The van der Waals surface area contributed by atoms with Crippen LogP contribution in [0.15, 0.2) is 73.6 Å². The largest absolute Gasteiger partial charge is 0.496 e. The summed E-state index contributed by atoms with van der Waals surface area (Å²) >= 11 is 16.3. The van der Waals surface area contributed by atoms with Gasteiger partial charge in [0.05, 0.1) is 24.3 Å². The number of aliphatic carboxylic acids is 1. The smallest absolute Gasteiger partial charge is 0.342 e. The molecule has 38 heavy (non-hydrogen) atoms. The Hall–Kier alpha value is -3.18. The van der Waals surface area contributed by atoms with Gasteiger partial charge in [0.2, 0.25) is 0 Å². The normalized spacial score (nSPS) is 11.3. The molecule has 4 rings (SSSR count). The number of ether oxygens (including phenoxy) is 3. The molecule has 12 heteroatoms. The van der Waals surface area contributed by atoms with E-state index in [1.807, 2.05) is 12.1 Å². The van der Waals surface area contributed by atoms with E-state index in [1.165, 1.54) is 20.3 Å². The summed E-state index contributed by atoms with van der Waals surface area (Å²) < 4.78 is 23.0. The molecule has 196 valence electrons. The third-order valence-corrected chi connectivity index (χ3v) is 6.98. The van der Waals surface area contributed by atoms with Gasteiger partial charge >= 0.3 is 5.97 Å². The Morgan fingerprint density at radius 1 is 1.03 bits per heavy atom. The number of rotatable bonds is 10. The highest BCUT2D eigenvalue weighted by Gasteiger charge is 2.19. The van der Waals surface area contributed by atoms with E-state index < -0.39 is 5.97 Å². The Balaban J connectivity index is 1.57. The molecule has 1 heterocycles. The second-order valence-electron chi connectivity index (χ2n) is 7.58. The Morgan fingerprint density at radius 2 is 1.74 bits per heavy atom. The standard InChI is InChI=1S/C26H19BrCl2N2O6S/c1-34-20-8-7-17(29)12-18(20)24-30-31-26(37-24)38-22(25(32)33)11-15-9-19(27)23(21(10-15)35-2)36-13-14-3-5-16(28)6-4-14/h3-12H,13H2,1-2H3,(H,32,33)/b22-11-. The van der Waals surface area contributed by atoms with Crippen molar-refractivity contribution in [1.29, 1.82) is 0 Å². The third kappa shape index (κ3) is 6.82. The highest BCUT2D eigenvalue weighted by atomic mass is 79.9. The van der Waals surface area contributed by atoms with E-state index in [2.05, 4.69) is 26.1 Å². The average Bonchev–Trinajstić information content (AvgIpc) is 3.36. The molecule has 0 spiro atoms. The summed E-state index contributed by atoms with van der Waals surface area (Å²) in [6.45, 7) is 0.286. The van der Waals surface area contributed by atoms with Crippen LogP contribution in [0.1, 0.15) is 11.1 Å². The second-order valence-corrected chi connectivity index (χ2v) is 10.3. The third-order valence-electron chi connectivity index (χ3n) is 5.05. The first-order chi connectivity index (χ1) is 18.3. The Morgan fingerprint density at radius 3 is 2.42 bits per heavy atom. The zero-order valence-corrected chi connectivity index (χ0v) is 23.8. The minimum absolute atomic E-state index is 0.0321. The van der Waals surface area contributed by atoms with E-state index in [9.17, 15) is 9.90 Å². The van der Waals surface area contributed by atoms with Gasteiger partial charge in [0.1, 0.15) is 17.3 Å². The molecule has 1 N–H and O–H groups in total. The monoisotopic (exact) mass is 636 g/mol. The number of halogens is 3. The van der Waals surface area contributed by atoms with Gasteiger partial charge in [0.15, 0.2) is 11.5 Å². The Bertz CT molecular complexity index is 1490. The van der Waals surface area contributed by atoms with Gasteiger partial charge in [-0.3, -0.25) is 0 Å². The first kappa shape index (κ1) is 27.8. The molecule has 0 saturated carbocycles. The highest BCUT2D eigenvalue weighted by molar-refractivity contribution is 9.10. The van der Waals surface area contributed by atoms with Crippen molar-refractivity contribution in [3.05, 3.63) is 85.1 Å². The minimum atomic E-state index is -1.17. The van der Waals surface area contributed by atoms with Crippen molar-refractivity contribution < 1.29 is 28.5 Å². The molecule has 1 aromatic heterocycles. The minimum Gasteiger partial charge on any atom is -0.496 e. The summed E-state index contributed by atoms with van der Waals surface area (Å²) in [7, 11) is 3.01. The van der Waals surface area contributed by atoms with E-state index in [-0.39, 0.29) is 22.6 Å². The summed E-state index contributed by atoms with van der Waals surface area (Å²) in [5, 5.41) is 18.9. The lowest BCUT2D eigenvalue weighted by Gasteiger charge is -2.14. The quantitative estimate of drug-likeness (QED) is 0.139. The van der Waals surface area contributed by atoms with Crippen LogP contribution in [0.3, 0.4) is 0 Å². The molecule has 0 amide bonds. The van der Waals surface area contributed by atoms with Crippen LogP contribution in [0.5, 0.6) is 17.2 Å². The van der Waals surface area contributed by atoms with Gasteiger partial charge in [-0.25, -0.2) is 4.79 Å². The fourth-order valence-corrected chi connectivity index (χ4v) is 4.83. The van der Waals surface area contributed by atoms with Crippen LogP contribution in [-0.2, 0) is 11.4 Å². The number of hydrogen-bond donors (Lipinski definition) is 1. The molecular formula is C26H19BrCl2N2O6S. The van der Waals surface area contributed by atoms with Crippen LogP contribution in [0.25, 0.3) is 17.5 Å². The lowest BCUT2D eigenvalue weighted by atomic mass is 10.2. The fourth-order valence-electron chi connectivity index (χ4n) is 3.29. The highest BCUT2D eigenvalue weighted by Crippen LogP contribution is 2.39. The average molecular weight is 638 g/mol. The summed E-state index contributed by atoms with van der Waals surface area (Å²) in [5.41, 5.74) is 1.96. The topological polar surface area (TPSA) is 104 Å². The molecular weight excluding hydrogens is 619 g/mol.